The minimum absolute atomic E-state index is 0.0256. The molecule has 8 heteroatoms. The number of carbonyl (C=O) groups excluding carboxylic acids is 1. The first-order valence-corrected chi connectivity index (χ1v) is 11.4. The van der Waals surface area contributed by atoms with E-state index in [9.17, 15) is 23.1 Å². The summed E-state index contributed by atoms with van der Waals surface area (Å²) >= 11 is 0. The largest absolute Gasteiger partial charge is 0.401 e. The van der Waals surface area contributed by atoms with Crippen molar-refractivity contribution in [3.05, 3.63) is 59.7 Å². The molecule has 1 aliphatic carbocycles. The van der Waals surface area contributed by atoms with E-state index in [-0.39, 0.29) is 5.91 Å². The number of hydrogen-bond acceptors (Lipinski definition) is 4. The molecule has 1 amide bonds. The summed E-state index contributed by atoms with van der Waals surface area (Å²) in [6, 6.07) is 15.2. The second kappa shape index (κ2) is 11.1. The number of hydrogen-bond donors (Lipinski definition) is 4. The normalized spacial score (nSPS) is 15.1. The van der Waals surface area contributed by atoms with Crippen LogP contribution < -0.4 is 16.4 Å². The molecule has 2 aromatic carbocycles. The van der Waals surface area contributed by atoms with Gasteiger partial charge in [-0.2, -0.15) is 13.2 Å². The highest BCUT2D eigenvalue weighted by Gasteiger charge is 2.48. The number of amides is 1. The molecule has 0 fully saturated rings. The maximum atomic E-state index is 12.9. The second-order valence-electron chi connectivity index (χ2n) is 8.51. The van der Waals surface area contributed by atoms with E-state index in [4.69, 9.17) is 5.73 Å². The van der Waals surface area contributed by atoms with E-state index in [1.165, 1.54) is 0 Å². The number of benzene rings is 2. The van der Waals surface area contributed by atoms with Crippen molar-refractivity contribution in [3.8, 4) is 11.1 Å². The Hall–Kier alpha value is -2.42. The maximum Gasteiger partial charge on any atom is 0.401 e. The molecule has 0 heterocycles. The SMILES string of the molecule is NCCCC(=O)NCCCCCC1(C(O)NCC(F)(F)F)c2ccccc2-c2ccccc21. The number of carbonyl (C=O) groups is 1. The van der Waals surface area contributed by atoms with Gasteiger partial charge in [-0.05, 0) is 48.1 Å². The lowest BCUT2D eigenvalue weighted by Gasteiger charge is -2.37. The van der Waals surface area contributed by atoms with Crippen LogP contribution in [0.3, 0.4) is 0 Å². The zero-order chi connectivity index (χ0) is 23.9. The molecule has 0 aliphatic heterocycles. The molecule has 3 rings (SSSR count). The van der Waals surface area contributed by atoms with Crippen LogP contribution in [-0.2, 0) is 10.2 Å². The Balaban J connectivity index is 1.75. The summed E-state index contributed by atoms with van der Waals surface area (Å²) in [5.74, 6) is -0.0256. The standard InChI is InChI=1S/C25H32F3N3O2/c26-25(27,28)17-31-23(33)24(14-6-1-7-16-30-22(32)13-8-15-29)20-11-4-2-9-18(20)19-10-3-5-12-21(19)24/h2-5,9-12,23,31,33H,1,6-8,13-17,29H2,(H,30,32). The molecule has 5 nitrogen and oxygen atoms in total. The molecule has 2 aromatic rings. The highest BCUT2D eigenvalue weighted by molar-refractivity contribution is 5.81. The van der Waals surface area contributed by atoms with Crippen LogP contribution in [0.4, 0.5) is 13.2 Å². The van der Waals surface area contributed by atoms with Crippen molar-refractivity contribution >= 4 is 5.91 Å². The molecule has 5 N–H and O–H groups in total. The van der Waals surface area contributed by atoms with E-state index < -0.39 is 24.4 Å². The lowest BCUT2D eigenvalue weighted by Crippen LogP contribution is -2.50. The predicted molar refractivity (Wildman–Crippen MR) is 122 cm³/mol. The zero-order valence-electron chi connectivity index (χ0n) is 18.6. The van der Waals surface area contributed by atoms with E-state index in [2.05, 4.69) is 10.6 Å². The van der Waals surface area contributed by atoms with Gasteiger partial charge in [0.1, 0.15) is 6.23 Å². The number of halogens is 3. The Morgan fingerprint density at radius 3 is 2.15 bits per heavy atom. The Labute approximate surface area is 192 Å². The number of rotatable bonds is 12. The molecule has 1 aliphatic rings. The molecule has 180 valence electrons. The maximum absolute atomic E-state index is 12.9. The first-order valence-electron chi connectivity index (χ1n) is 11.4. The predicted octanol–water partition coefficient (Wildman–Crippen LogP) is 3.84. The Kier molecular flexibility index (Phi) is 8.51. The van der Waals surface area contributed by atoms with E-state index in [0.29, 0.717) is 38.8 Å². The summed E-state index contributed by atoms with van der Waals surface area (Å²) in [6.07, 6.45) is -2.09. The second-order valence-corrected chi connectivity index (χ2v) is 8.51. The molecule has 33 heavy (non-hydrogen) atoms. The first-order chi connectivity index (χ1) is 15.8. The number of aliphatic hydroxyl groups is 1. The molecule has 1 atom stereocenters. The van der Waals surface area contributed by atoms with Gasteiger partial charge in [0, 0.05) is 13.0 Å². The van der Waals surface area contributed by atoms with Gasteiger partial charge >= 0.3 is 6.18 Å². The lowest BCUT2D eigenvalue weighted by molar-refractivity contribution is -0.133. The summed E-state index contributed by atoms with van der Waals surface area (Å²) < 4.78 is 38.8. The minimum atomic E-state index is -4.43. The van der Waals surface area contributed by atoms with Gasteiger partial charge < -0.3 is 16.2 Å². The summed E-state index contributed by atoms with van der Waals surface area (Å²) in [4.78, 5) is 11.7. The lowest BCUT2D eigenvalue weighted by atomic mass is 9.72. The van der Waals surface area contributed by atoms with Crippen LogP contribution in [0.15, 0.2) is 48.5 Å². The van der Waals surface area contributed by atoms with Crippen LogP contribution in [0.2, 0.25) is 0 Å². The fraction of sp³-hybridized carbons (Fsp3) is 0.480. The third-order valence-electron chi connectivity index (χ3n) is 6.25. The molecule has 0 bridgehead atoms. The van der Waals surface area contributed by atoms with Gasteiger partial charge in [0.2, 0.25) is 5.91 Å². The van der Waals surface area contributed by atoms with Crippen LogP contribution in [0, 0.1) is 0 Å². The van der Waals surface area contributed by atoms with Crippen molar-refractivity contribution in [1.29, 1.82) is 0 Å². The van der Waals surface area contributed by atoms with Crippen LogP contribution in [-0.4, -0.2) is 43.1 Å². The number of nitrogens with two attached hydrogens (primary N) is 1. The van der Waals surface area contributed by atoms with E-state index >= 15 is 0 Å². The number of fused-ring (bicyclic) bond motifs is 3. The molecule has 0 spiro atoms. The van der Waals surface area contributed by atoms with Crippen LogP contribution >= 0.6 is 0 Å². The average molecular weight is 464 g/mol. The number of alkyl halides is 3. The van der Waals surface area contributed by atoms with Crippen molar-refractivity contribution in [2.24, 2.45) is 5.73 Å². The summed E-state index contributed by atoms with van der Waals surface area (Å²) in [7, 11) is 0. The molecule has 0 saturated carbocycles. The topological polar surface area (TPSA) is 87.4 Å². The highest BCUT2D eigenvalue weighted by atomic mass is 19.4. The van der Waals surface area contributed by atoms with Gasteiger partial charge in [0.25, 0.3) is 0 Å². The van der Waals surface area contributed by atoms with Crippen molar-refractivity contribution in [1.82, 2.24) is 10.6 Å². The van der Waals surface area contributed by atoms with Crippen molar-refractivity contribution in [2.45, 2.75) is 56.3 Å². The van der Waals surface area contributed by atoms with Gasteiger partial charge in [0.05, 0.1) is 12.0 Å². The molecular weight excluding hydrogens is 431 g/mol. The highest BCUT2D eigenvalue weighted by Crippen LogP contribution is 2.52. The monoisotopic (exact) mass is 463 g/mol. The molecule has 0 aromatic heterocycles. The molecule has 0 radical (unpaired) electrons. The smallest absolute Gasteiger partial charge is 0.377 e. The third-order valence-corrected chi connectivity index (χ3v) is 6.25. The Bertz CT molecular complexity index is 888. The molecular formula is C25H32F3N3O2. The zero-order valence-corrected chi connectivity index (χ0v) is 18.6. The van der Waals surface area contributed by atoms with E-state index in [0.717, 1.165) is 35.1 Å². The number of aliphatic hydroxyl groups excluding tert-OH is 1. The average Bonchev–Trinajstić information content (AvgIpc) is 3.09. The van der Waals surface area contributed by atoms with Crippen molar-refractivity contribution < 1.29 is 23.1 Å². The van der Waals surface area contributed by atoms with Crippen molar-refractivity contribution in [2.75, 3.05) is 19.6 Å². The molecule has 0 saturated heterocycles. The van der Waals surface area contributed by atoms with E-state index in [1.807, 2.05) is 48.5 Å². The third kappa shape index (κ3) is 5.93. The Morgan fingerprint density at radius 2 is 1.58 bits per heavy atom. The van der Waals surface area contributed by atoms with Gasteiger partial charge in [-0.1, -0.05) is 61.4 Å². The van der Waals surface area contributed by atoms with Crippen LogP contribution in [0.5, 0.6) is 0 Å². The van der Waals surface area contributed by atoms with E-state index in [1.54, 1.807) is 0 Å². The van der Waals surface area contributed by atoms with Gasteiger partial charge in [0.15, 0.2) is 0 Å². The van der Waals surface area contributed by atoms with Gasteiger partial charge in [-0.25, -0.2) is 0 Å². The summed E-state index contributed by atoms with van der Waals surface area (Å²) in [6.45, 7) is -0.253. The quantitative estimate of drug-likeness (QED) is 0.285. The summed E-state index contributed by atoms with van der Waals surface area (Å²) in [5, 5.41) is 16.3. The minimum Gasteiger partial charge on any atom is -0.377 e. The van der Waals surface area contributed by atoms with Crippen molar-refractivity contribution in [3.63, 3.8) is 0 Å². The van der Waals surface area contributed by atoms with Crippen LogP contribution in [0.25, 0.3) is 11.1 Å². The Morgan fingerprint density at radius 1 is 0.970 bits per heavy atom. The number of nitrogens with one attached hydrogen (secondary N) is 2. The fourth-order valence-electron chi connectivity index (χ4n) is 4.73. The summed E-state index contributed by atoms with van der Waals surface area (Å²) in [5.41, 5.74) is 7.98. The van der Waals surface area contributed by atoms with Crippen LogP contribution in [0.1, 0.15) is 49.7 Å². The van der Waals surface area contributed by atoms with Gasteiger partial charge in [-0.3, -0.25) is 10.1 Å². The fourth-order valence-corrected chi connectivity index (χ4v) is 4.73. The number of unbranched alkanes of at least 4 members (excludes halogenated alkanes) is 2. The first kappa shape index (κ1) is 25.2. The molecule has 1 unspecified atom stereocenters. The van der Waals surface area contributed by atoms with Gasteiger partial charge in [-0.15, -0.1) is 0 Å².